The largest absolute Gasteiger partial charge is 0.455 e. The average Bonchev–Trinajstić information content (AvgIpc) is 1.67. The number of aromatic nitrogens is 6. The van der Waals surface area contributed by atoms with Crippen LogP contribution in [0.15, 0.2) is 301 Å². The predicted molar refractivity (Wildman–Crippen MR) is 379 cm³/mol. The van der Waals surface area contributed by atoms with Gasteiger partial charge in [-0.2, -0.15) is 0 Å². The molecule has 11 heteroatoms. The molecule has 0 saturated carbocycles. The van der Waals surface area contributed by atoms with Crippen molar-refractivity contribution < 1.29 is 22.1 Å². The van der Waals surface area contributed by atoms with Gasteiger partial charge in [-0.05, 0) is 101 Å². The summed E-state index contributed by atoms with van der Waals surface area (Å²) in [5, 5.41) is 9.82. The van der Waals surface area contributed by atoms with Crippen molar-refractivity contribution in [3.8, 4) is 102 Å². The first-order valence-corrected chi connectivity index (χ1v) is 31.5. The van der Waals surface area contributed by atoms with Crippen LogP contribution in [0.4, 0.5) is 0 Å². The summed E-state index contributed by atoms with van der Waals surface area (Å²) in [7, 11) is 0. The summed E-state index contributed by atoms with van der Waals surface area (Å²) in [5.74, 6) is 2.99. The van der Waals surface area contributed by atoms with Gasteiger partial charge in [-0.25, -0.2) is 29.9 Å². The minimum Gasteiger partial charge on any atom is -0.455 e. The summed E-state index contributed by atoms with van der Waals surface area (Å²) in [6.07, 6.45) is 0. The molecule has 11 nitrogen and oxygen atoms in total. The van der Waals surface area contributed by atoms with E-state index < -0.39 is 0 Å². The smallest absolute Gasteiger partial charge is 0.167 e. The topological polar surface area (TPSA) is 143 Å². The Morgan fingerprint density at radius 2 is 0.495 bits per heavy atom. The summed E-state index contributed by atoms with van der Waals surface area (Å²) in [6, 6.07) is 94.7. The van der Waals surface area contributed by atoms with Crippen molar-refractivity contribution in [3.05, 3.63) is 279 Å². The van der Waals surface area contributed by atoms with E-state index in [1.165, 1.54) is 0 Å². The van der Waals surface area contributed by atoms with Crippen molar-refractivity contribution in [2.24, 2.45) is 0 Å². The number of hydrogen-bond acceptors (Lipinski definition) is 11. The lowest BCUT2D eigenvalue weighted by atomic mass is 9.91. The van der Waals surface area contributed by atoms with E-state index in [4.69, 9.17) is 52.0 Å². The van der Waals surface area contributed by atoms with Gasteiger partial charge in [0.1, 0.15) is 55.8 Å². The van der Waals surface area contributed by atoms with Gasteiger partial charge in [-0.1, -0.05) is 200 Å². The van der Waals surface area contributed by atoms with Gasteiger partial charge in [0.25, 0.3) is 0 Å². The van der Waals surface area contributed by atoms with Gasteiger partial charge in [-0.15, -0.1) is 0 Å². The molecule has 20 aromatic rings. The third-order valence-electron chi connectivity index (χ3n) is 18.4. The van der Waals surface area contributed by atoms with Crippen LogP contribution in [0, 0.1) is 0 Å². The van der Waals surface area contributed by atoms with E-state index in [2.05, 4.69) is 115 Å². The molecule has 20 rings (SSSR count). The molecule has 0 bridgehead atoms. The number of rotatable bonds is 9. The summed E-state index contributed by atoms with van der Waals surface area (Å²) < 4.78 is 34.1. The van der Waals surface area contributed by atoms with Crippen LogP contribution in [0.1, 0.15) is 0 Å². The lowest BCUT2D eigenvalue weighted by Crippen LogP contribution is -2.00. The Morgan fingerprint density at radius 3 is 0.979 bits per heavy atom. The van der Waals surface area contributed by atoms with E-state index in [-0.39, 0.29) is 0 Å². The number of fused-ring (bicyclic) bond motifs is 15. The van der Waals surface area contributed by atoms with E-state index in [9.17, 15) is 0 Å². The first kappa shape index (κ1) is 52.6. The number of furan rings is 5. The van der Waals surface area contributed by atoms with Crippen molar-refractivity contribution in [1.29, 1.82) is 0 Å². The van der Waals surface area contributed by atoms with Crippen LogP contribution in [0.5, 0.6) is 0 Å². The highest BCUT2D eigenvalue weighted by Gasteiger charge is 2.26. The molecule has 7 heterocycles. The Kier molecular flexibility index (Phi) is 11.5. The van der Waals surface area contributed by atoms with Crippen LogP contribution in [0.3, 0.4) is 0 Å². The molecule has 0 saturated heterocycles. The zero-order valence-electron chi connectivity index (χ0n) is 50.3. The summed E-state index contributed by atoms with van der Waals surface area (Å²) in [6.45, 7) is 0. The van der Waals surface area contributed by atoms with Crippen LogP contribution in [-0.2, 0) is 0 Å². The van der Waals surface area contributed by atoms with Gasteiger partial charge in [0, 0.05) is 81.7 Å². The van der Waals surface area contributed by atoms with E-state index in [1.807, 2.05) is 164 Å². The summed E-state index contributed by atoms with van der Waals surface area (Å²) in [4.78, 5) is 31.5. The fourth-order valence-electron chi connectivity index (χ4n) is 14.0. The third kappa shape index (κ3) is 8.39. The van der Waals surface area contributed by atoms with Crippen molar-refractivity contribution in [1.82, 2.24) is 29.9 Å². The number of benzene rings is 13. The summed E-state index contributed by atoms with van der Waals surface area (Å²) >= 11 is 0. The minimum absolute atomic E-state index is 0.434. The number of hydrogen-bond donors (Lipinski definition) is 0. The van der Waals surface area contributed by atoms with Gasteiger partial charge in [0.2, 0.25) is 0 Å². The fraction of sp³-hybridized carbons (Fsp3) is 0. The molecule has 7 aromatic heterocycles. The lowest BCUT2D eigenvalue weighted by Gasteiger charge is -2.14. The van der Waals surface area contributed by atoms with E-state index in [0.717, 1.165) is 149 Å². The molecule has 0 aliphatic carbocycles. The van der Waals surface area contributed by atoms with Gasteiger partial charge in [-0.3, -0.25) is 0 Å². The van der Waals surface area contributed by atoms with Gasteiger partial charge in [0.05, 0.1) is 16.7 Å². The molecular weight excluding hydrogens is 1170 g/mol. The molecule has 0 atom stereocenters. The number of para-hydroxylation sites is 8. The molecule has 13 aromatic carbocycles. The SMILES string of the molecule is c1ccc(-c2nc(-c3ccccc3)nc(-c3cc(-c4cccc5c4oc4ccccc45)cc(-c4ccc(-c5ccc6oc7c(-c8nc(-c9cccc%10c9oc9ccccc9%10)nc(-c9cccc%10c9oc9ccccc9%10)n8)cccc7c6c5)c5c4oc4ccccc45)c3)n2)cc1. The molecule has 95 heavy (non-hydrogen) atoms. The van der Waals surface area contributed by atoms with Crippen LogP contribution in [0.25, 0.3) is 211 Å². The van der Waals surface area contributed by atoms with Crippen LogP contribution in [-0.4, -0.2) is 29.9 Å². The Labute approximate surface area is 539 Å². The Bertz CT molecular complexity index is 6370. The van der Waals surface area contributed by atoms with E-state index in [1.54, 1.807) is 0 Å². The molecule has 0 aliphatic heterocycles. The maximum absolute atomic E-state index is 7.11. The van der Waals surface area contributed by atoms with Crippen molar-refractivity contribution >= 4 is 110 Å². The molecule has 0 fully saturated rings. The van der Waals surface area contributed by atoms with Gasteiger partial charge >= 0.3 is 0 Å². The Balaban J connectivity index is 0.765. The van der Waals surface area contributed by atoms with Crippen LogP contribution < -0.4 is 0 Å². The average molecular weight is 1220 g/mol. The monoisotopic (exact) mass is 1220 g/mol. The highest BCUT2D eigenvalue weighted by Crippen LogP contribution is 2.47. The second kappa shape index (κ2) is 20.7. The second-order valence-corrected chi connectivity index (χ2v) is 23.9. The first-order valence-electron chi connectivity index (χ1n) is 31.5. The first-order chi connectivity index (χ1) is 47.0. The minimum atomic E-state index is 0.434. The molecule has 0 N–H and O–H groups in total. The molecule has 0 aliphatic rings. The highest BCUT2D eigenvalue weighted by atomic mass is 16.3. The zero-order valence-corrected chi connectivity index (χ0v) is 50.3. The van der Waals surface area contributed by atoms with Gasteiger partial charge in [0.15, 0.2) is 34.9 Å². The molecular formula is C84H46N6O5. The Morgan fingerprint density at radius 1 is 0.168 bits per heavy atom. The third-order valence-corrected chi connectivity index (χ3v) is 18.4. The fourth-order valence-corrected chi connectivity index (χ4v) is 14.0. The maximum Gasteiger partial charge on any atom is 0.167 e. The Hall–Kier alpha value is -13.1. The molecule has 0 amide bonds. The number of nitrogens with zero attached hydrogens (tertiary/aromatic N) is 6. The molecule has 0 radical (unpaired) electrons. The standard InChI is InChI=1S/C84H46N6O5/c1-3-19-47(20-4-1)79-85-80(48-21-5-2-6-22-48)87-81(86-79)52-44-50(54-27-15-28-59-56-23-7-11-35-68(56)91-74(54)59)43-51(45-52)55-41-40-53(73-63-26-10-14-38-71(63)95-78(55)73)49-39-42-72-67(46-49)62-31-18-34-66(77(62)94-72)84-89-82(64-32-16-29-60-57-24-8-12-36-69(57)92-75(60)64)88-83(90-84)65-33-17-30-61-58-25-9-13-37-70(58)93-76(61)65/h1-46H. The summed E-state index contributed by atoms with van der Waals surface area (Å²) in [5.41, 5.74) is 17.7. The molecule has 442 valence electrons. The van der Waals surface area contributed by atoms with Crippen molar-refractivity contribution in [3.63, 3.8) is 0 Å². The van der Waals surface area contributed by atoms with Crippen molar-refractivity contribution in [2.45, 2.75) is 0 Å². The van der Waals surface area contributed by atoms with E-state index >= 15 is 0 Å². The zero-order chi connectivity index (χ0) is 62.2. The second-order valence-electron chi connectivity index (χ2n) is 23.9. The maximum atomic E-state index is 7.11. The predicted octanol–water partition coefficient (Wildman–Crippen LogP) is 22.6. The highest BCUT2D eigenvalue weighted by molar-refractivity contribution is 6.19. The normalized spacial score (nSPS) is 12.0. The van der Waals surface area contributed by atoms with E-state index in [0.29, 0.717) is 62.8 Å². The molecule has 0 spiro atoms. The molecule has 0 unspecified atom stereocenters. The lowest BCUT2D eigenvalue weighted by molar-refractivity contribution is 0.668. The quantitative estimate of drug-likeness (QED) is 0.136. The van der Waals surface area contributed by atoms with Crippen LogP contribution in [0.2, 0.25) is 0 Å². The van der Waals surface area contributed by atoms with Crippen LogP contribution >= 0.6 is 0 Å². The van der Waals surface area contributed by atoms with Gasteiger partial charge < -0.3 is 22.1 Å². The van der Waals surface area contributed by atoms with Crippen molar-refractivity contribution in [2.75, 3.05) is 0 Å².